The second kappa shape index (κ2) is 8.34. The molecular formula is C23H22O3. The minimum atomic E-state index is -0.938. The second-order valence-electron chi connectivity index (χ2n) is 6.23. The molecule has 0 saturated carbocycles. The van der Waals surface area contributed by atoms with Crippen LogP contribution in [-0.4, -0.2) is 11.1 Å². The van der Waals surface area contributed by atoms with Crippen molar-refractivity contribution in [3.8, 4) is 16.9 Å². The van der Waals surface area contributed by atoms with Crippen LogP contribution in [-0.2, 0) is 13.0 Å². The Morgan fingerprint density at radius 3 is 2.31 bits per heavy atom. The summed E-state index contributed by atoms with van der Waals surface area (Å²) in [6, 6.07) is 23.1. The normalized spacial score (nSPS) is 10.5. The zero-order valence-corrected chi connectivity index (χ0v) is 14.8. The molecule has 132 valence electrons. The first-order valence-electron chi connectivity index (χ1n) is 8.80. The van der Waals surface area contributed by atoms with Crippen LogP contribution in [0, 0.1) is 0 Å². The Labute approximate surface area is 153 Å². The minimum Gasteiger partial charge on any atom is -0.489 e. The Kier molecular flexibility index (Phi) is 5.69. The molecule has 0 aliphatic rings. The standard InChI is InChI=1S/C23H22O3/c1-2-6-17-9-11-19(12-10-17)22-15-20(13-14-21(22)23(24)25)26-16-18-7-4-3-5-8-18/h3-5,7-15H,2,6,16H2,1H3,(H,24,25). The van der Waals surface area contributed by atoms with Crippen LogP contribution in [0.2, 0.25) is 0 Å². The maximum absolute atomic E-state index is 11.6. The van der Waals surface area contributed by atoms with Crippen LogP contribution in [0.1, 0.15) is 34.8 Å². The molecule has 0 unspecified atom stereocenters. The van der Waals surface area contributed by atoms with Crippen molar-refractivity contribution in [3.63, 3.8) is 0 Å². The molecule has 0 fully saturated rings. The highest BCUT2D eigenvalue weighted by atomic mass is 16.5. The largest absolute Gasteiger partial charge is 0.489 e. The smallest absolute Gasteiger partial charge is 0.336 e. The lowest BCUT2D eigenvalue weighted by Crippen LogP contribution is -2.01. The molecule has 0 aromatic heterocycles. The van der Waals surface area contributed by atoms with E-state index in [4.69, 9.17) is 4.74 Å². The Morgan fingerprint density at radius 2 is 1.65 bits per heavy atom. The van der Waals surface area contributed by atoms with E-state index in [1.54, 1.807) is 18.2 Å². The molecule has 3 nitrogen and oxygen atoms in total. The van der Waals surface area contributed by atoms with Crippen molar-refractivity contribution >= 4 is 5.97 Å². The lowest BCUT2D eigenvalue weighted by Gasteiger charge is -2.12. The molecule has 0 spiro atoms. The number of rotatable bonds is 7. The highest BCUT2D eigenvalue weighted by molar-refractivity contribution is 5.96. The van der Waals surface area contributed by atoms with E-state index in [2.05, 4.69) is 19.1 Å². The van der Waals surface area contributed by atoms with E-state index in [0.717, 1.165) is 24.0 Å². The average molecular weight is 346 g/mol. The van der Waals surface area contributed by atoms with E-state index in [9.17, 15) is 9.90 Å². The third kappa shape index (κ3) is 4.31. The van der Waals surface area contributed by atoms with Gasteiger partial charge in [-0.3, -0.25) is 0 Å². The van der Waals surface area contributed by atoms with Gasteiger partial charge < -0.3 is 9.84 Å². The van der Waals surface area contributed by atoms with Gasteiger partial charge in [0.2, 0.25) is 0 Å². The Bertz CT molecular complexity index is 868. The summed E-state index contributed by atoms with van der Waals surface area (Å²) in [7, 11) is 0. The van der Waals surface area contributed by atoms with Gasteiger partial charge in [0.25, 0.3) is 0 Å². The van der Waals surface area contributed by atoms with Gasteiger partial charge >= 0.3 is 5.97 Å². The van der Waals surface area contributed by atoms with Gasteiger partial charge in [0.15, 0.2) is 0 Å². The fraction of sp³-hybridized carbons (Fsp3) is 0.174. The first-order valence-corrected chi connectivity index (χ1v) is 8.80. The minimum absolute atomic E-state index is 0.278. The Morgan fingerprint density at radius 1 is 0.923 bits per heavy atom. The number of benzene rings is 3. The Balaban J connectivity index is 1.87. The number of hydrogen-bond donors (Lipinski definition) is 1. The predicted molar refractivity (Wildman–Crippen MR) is 104 cm³/mol. The molecule has 0 bridgehead atoms. The van der Waals surface area contributed by atoms with Gasteiger partial charge in [-0.2, -0.15) is 0 Å². The molecule has 1 N–H and O–H groups in total. The van der Waals surface area contributed by atoms with Gasteiger partial charge in [-0.25, -0.2) is 4.79 Å². The van der Waals surface area contributed by atoms with Crippen molar-refractivity contribution in [1.29, 1.82) is 0 Å². The number of hydrogen-bond acceptors (Lipinski definition) is 2. The monoisotopic (exact) mass is 346 g/mol. The molecule has 3 aromatic rings. The molecule has 0 heterocycles. The number of carbonyl (C=O) groups is 1. The summed E-state index contributed by atoms with van der Waals surface area (Å²) in [6.45, 7) is 2.59. The zero-order valence-electron chi connectivity index (χ0n) is 14.8. The molecule has 26 heavy (non-hydrogen) atoms. The molecule has 0 amide bonds. The van der Waals surface area contributed by atoms with Crippen LogP contribution >= 0.6 is 0 Å². The molecule has 0 saturated heterocycles. The summed E-state index contributed by atoms with van der Waals surface area (Å²) >= 11 is 0. The molecule has 3 rings (SSSR count). The van der Waals surface area contributed by atoms with E-state index in [0.29, 0.717) is 17.9 Å². The fourth-order valence-electron chi connectivity index (χ4n) is 2.92. The summed E-state index contributed by atoms with van der Waals surface area (Å²) < 4.78 is 5.86. The van der Waals surface area contributed by atoms with E-state index in [-0.39, 0.29) is 5.56 Å². The maximum Gasteiger partial charge on any atom is 0.336 e. The molecule has 3 aromatic carbocycles. The lowest BCUT2D eigenvalue weighted by molar-refractivity contribution is 0.0697. The summed E-state index contributed by atoms with van der Waals surface area (Å²) in [6.07, 6.45) is 2.11. The van der Waals surface area contributed by atoms with E-state index >= 15 is 0 Å². The van der Waals surface area contributed by atoms with Crippen LogP contribution in [0.5, 0.6) is 5.75 Å². The van der Waals surface area contributed by atoms with Crippen LogP contribution in [0.3, 0.4) is 0 Å². The molecule has 0 radical (unpaired) electrons. The topological polar surface area (TPSA) is 46.5 Å². The number of carboxylic acid groups (broad SMARTS) is 1. The van der Waals surface area contributed by atoms with Crippen LogP contribution in [0.4, 0.5) is 0 Å². The van der Waals surface area contributed by atoms with Crippen molar-refractivity contribution in [2.45, 2.75) is 26.4 Å². The zero-order chi connectivity index (χ0) is 18.4. The third-order valence-electron chi connectivity index (χ3n) is 4.27. The molecule has 0 aliphatic carbocycles. The van der Waals surface area contributed by atoms with Gasteiger partial charge in [0.1, 0.15) is 12.4 Å². The summed E-state index contributed by atoms with van der Waals surface area (Å²) in [4.78, 5) is 11.6. The van der Waals surface area contributed by atoms with Crippen molar-refractivity contribution in [2.24, 2.45) is 0 Å². The van der Waals surface area contributed by atoms with Gasteiger partial charge in [-0.05, 0) is 46.9 Å². The van der Waals surface area contributed by atoms with E-state index < -0.39 is 5.97 Å². The van der Waals surface area contributed by atoms with Crippen LogP contribution in [0.25, 0.3) is 11.1 Å². The molecule has 0 aliphatic heterocycles. The summed E-state index contributed by atoms with van der Waals surface area (Å²) in [5.74, 6) is -0.279. The van der Waals surface area contributed by atoms with Crippen molar-refractivity contribution in [2.75, 3.05) is 0 Å². The van der Waals surface area contributed by atoms with E-state index in [1.807, 2.05) is 42.5 Å². The van der Waals surface area contributed by atoms with Crippen LogP contribution in [0.15, 0.2) is 72.8 Å². The average Bonchev–Trinajstić information content (AvgIpc) is 2.68. The Hall–Kier alpha value is -3.07. The second-order valence-corrected chi connectivity index (χ2v) is 6.23. The van der Waals surface area contributed by atoms with Gasteiger partial charge in [0.05, 0.1) is 5.56 Å². The number of aryl methyl sites for hydroxylation is 1. The maximum atomic E-state index is 11.6. The van der Waals surface area contributed by atoms with Crippen molar-refractivity contribution < 1.29 is 14.6 Å². The predicted octanol–water partition coefficient (Wildman–Crippen LogP) is 5.58. The number of carboxylic acids is 1. The SMILES string of the molecule is CCCc1ccc(-c2cc(OCc3ccccc3)ccc2C(=O)O)cc1. The first-order chi connectivity index (χ1) is 12.7. The van der Waals surface area contributed by atoms with Gasteiger partial charge in [-0.1, -0.05) is 67.9 Å². The summed E-state index contributed by atoms with van der Waals surface area (Å²) in [5.41, 5.74) is 4.16. The first kappa shape index (κ1) is 17.7. The molecule has 0 atom stereocenters. The third-order valence-corrected chi connectivity index (χ3v) is 4.27. The lowest BCUT2D eigenvalue weighted by atomic mass is 9.97. The molecular weight excluding hydrogens is 324 g/mol. The van der Waals surface area contributed by atoms with Gasteiger partial charge in [0, 0.05) is 0 Å². The van der Waals surface area contributed by atoms with Gasteiger partial charge in [-0.15, -0.1) is 0 Å². The highest BCUT2D eigenvalue weighted by Crippen LogP contribution is 2.29. The van der Waals surface area contributed by atoms with Crippen molar-refractivity contribution in [1.82, 2.24) is 0 Å². The van der Waals surface area contributed by atoms with Crippen LogP contribution < -0.4 is 4.74 Å². The molecule has 3 heteroatoms. The quantitative estimate of drug-likeness (QED) is 0.607. The van der Waals surface area contributed by atoms with Crippen molar-refractivity contribution in [3.05, 3.63) is 89.5 Å². The number of aromatic carboxylic acids is 1. The van der Waals surface area contributed by atoms with E-state index in [1.165, 1.54) is 5.56 Å². The number of ether oxygens (including phenoxy) is 1. The fourth-order valence-corrected chi connectivity index (χ4v) is 2.92. The summed E-state index contributed by atoms with van der Waals surface area (Å²) in [5, 5.41) is 9.52. The highest BCUT2D eigenvalue weighted by Gasteiger charge is 2.13.